The van der Waals surface area contributed by atoms with Crippen LogP contribution in [-0.4, -0.2) is 9.97 Å². The molecule has 0 bridgehead atoms. The number of nitrogens with one attached hydrogen (secondary N) is 2. The van der Waals surface area contributed by atoms with E-state index in [-0.39, 0.29) is 0 Å². The molecule has 0 spiro atoms. The van der Waals surface area contributed by atoms with Gasteiger partial charge in [-0.1, -0.05) is 41.4 Å². The minimum atomic E-state index is 0.365. The molecule has 2 aromatic carbocycles. The number of nitrogens with zero attached hydrogens (tertiary/aromatic N) is 2. The first-order chi connectivity index (χ1) is 11.6. The first kappa shape index (κ1) is 16.8. The second kappa shape index (κ2) is 7.25. The van der Waals surface area contributed by atoms with Gasteiger partial charge in [0.15, 0.2) is 11.6 Å². The Balaban J connectivity index is 1.91. The molecule has 4 N–H and O–H groups in total. The van der Waals surface area contributed by atoms with Crippen LogP contribution in [0.2, 0.25) is 10.0 Å². The third-order valence-electron chi connectivity index (χ3n) is 3.22. The standard InChI is InChI=1S/C16H12BrCl2N5/c17-9-4-1-2-6-11(9)23-15-14(20)16(22-8-21-15)24-12-7-3-5-10(18)13(12)19/h1-8H,20H2,(H2,21,22,23,24). The maximum absolute atomic E-state index is 6.19. The zero-order valence-corrected chi connectivity index (χ0v) is 15.3. The number of rotatable bonds is 4. The van der Waals surface area contributed by atoms with Crippen molar-refractivity contribution in [3.63, 3.8) is 0 Å². The van der Waals surface area contributed by atoms with Gasteiger partial charge in [0.1, 0.15) is 12.0 Å². The molecule has 0 radical (unpaired) electrons. The summed E-state index contributed by atoms with van der Waals surface area (Å²) >= 11 is 15.7. The molecule has 0 aliphatic rings. The van der Waals surface area contributed by atoms with E-state index < -0.39 is 0 Å². The Kier molecular flexibility index (Phi) is 5.08. The fourth-order valence-electron chi connectivity index (χ4n) is 2.01. The lowest BCUT2D eigenvalue weighted by Gasteiger charge is -2.14. The summed E-state index contributed by atoms with van der Waals surface area (Å²) in [5, 5.41) is 7.09. The highest BCUT2D eigenvalue weighted by atomic mass is 79.9. The Labute approximate surface area is 157 Å². The molecule has 0 unspecified atom stereocenters. The van der Waals surface area contributed by atoms with Crippen molar-refractivity contribution in [1.82, 2.24) is 9.97 Å². The largest absolute Gasteiger partial charge is 0.393 e. The van der Waals surface area contributed by atoms with Crippen molar-refractivity contribution < 1.29 is 0 Å². The number of hydrogen-bond donors (Lipinski definition) is 3. The quantitative estimate of drug-likeness (QED) is 0.507. The van der Waals surface area contributed by atoms with E-state index in [1.807, 2.05) is 24.3 Å². The number of benzene rings is 2. The summed E-state index contributed by atoms with van der Waals surface area (Å²) in [7, 11) is 0. The van der Waals surface area contributed by atoms with E-state index in [1.54, 1.807) is 18.2 Å². The van der Waals surface area contributed by atoms with E-state index >= 15 is 0 Å². The SMILES string of the molecule is Nc1c(Nc2ccccc2Br)ncnc1Nc1cccc(Cl)c1Cl. The highest BCUT2D eigenvalue weighted by Crippen LogP contribution is 2.35. The molecule has 0 saturated carbocycles. The van der Waals surface area contributed by atoms with Crippen LogP contribution in [0.3, 0.4) is 0 Å². The van der Waals surface area contributed by atoms with E-state index in [0.29, 0.717) is 33.1 Å². The highest BCUT2D eigenvalue weighted by Gasteiger charge is 2.12. The summed E-state index contributed by atoms with van der Waals surface area (Å²) < 4.78 is 0.899. The molecule has 0 amide bonds. The smallest absolute Gasteiger partial charge is 0.159 e. The molecule has 1 aromatic heterocycles. The van der Waals surface area contributed by atoms with Gasteiger partial charge in [0.2, 0.25) is 0 Å². The topological polar surface area (TPSA) is 75.9 Å². The fourth-order valence-corrected chi connectivity index (χ4v) is 2.74. The van der Waals surface area contributed by atoms with Crippen LogP contribution in [0.4, 0.5) is 28.7 Å². The lowest BCUT2D eigenvalue weighted by atomic mass is 10.3. The molecule has 0 fully saturated rings. The van der Waals surface area contributed by atoms with E-state index in [4.69, 9.17) is 28.9 Å². The van der Waals surface area contributed by atoms with Gasteiger partial charge < -0.3 is 16.4 Å². The maximum Gasteiger partial charge on any atom is 0.159 e. The summed E-state index contributed by atoms with van der Waals surface area (Å²) in [6.45, 7) is 0. The average Bonchev–Trinajstić information content (AvgIpc) is 2.57. The Hall–Kier alpha value is -2.02. The normalized spacial score (nSPS) is 10.5. The van der Waals surface area contributed by atoms with Gasteiger partial charge in [-0.05, 0) is 40.2 Å². The van der Waals surface area contributed by atoms with Crippen molar-refractivity contribution in [1.29, 1.82) is 0 Å². The van der Waals surface area contributed by atoms with Gasteiger partial charge in [0.25, 0.3) is 0 Å². The summed E-state index contributed by atoms with van der Waals surface area (Å²) in [4.78, 5) is 8.36. The van der Waals surface area contributed by atoms with Crippen molar-refractivity contribution >= 4 is 67.8 Å². The number of halogens is 3. The molecule has 0 saturated heterocycles. The number of nitrogen functional groups attached to an aromatic ring is 1. The average molecular weight is 425 g/mol. The van der Waals surface area contributed by atoms with Crippen LogP contribution in [0, 0.1) is 0 Å². The Bertz CT molecular complexity index is 888. The minimum absolute atomic E-state index is 0.365. The third-order valence-corrected chi connectivity index (χ3v) is 4.73. The van der Waals surface area contributed by atoms with Crippen molar-refractivity contribution in [3.05, 3.63) is 63.3 Å². The van der Waals surface area contributed by atoms with Crippen LogP contribution < -0.4 is 16.4 Å². The monoisotopic (exact) mass is 423 g/mol. The zero-order chi connectivity index (χ0) is 17.1. The van der Waals surface area contributed by atoms with Crippen molar-refractivity contribution in [3.8, 4) is 0 Å². The van der Waals surface area contributed by atoms with E-state index in [1.165, 1.54) is 6.33 Å². The number of anilines is 5. The fraction of sp³-hybridized carbons (Fsp3) is 0. The zero-order valence-electron chi connectivity index (χ0n) is 12.2. The molecule has 3 aromatic rings. The van der Waals surface area contributed by atoms with Gasteiger partial charge in [0.05, 0.1) is 21.4 Å². The maximum atomic E-state index is 6.19. The van der Waals surface area contributed by atoms with Crippen LogP contribution in [-0.2, 0) is 0 Å². The van der Waals surface area contributed by atoms with E-state index in [9.17, 15) is 0 Å². The van der Waals surface area contributed by atoms with Crippen molar-refractivity contribution in [2.24, 2.45) is 0 Å². The molecule has 1 heterocycles. The molecule has 122 valence electrons. The van der Waals surface area contributed by atoms with E-state index in [0.717, 1.165) is 10.2 Å². The van der Waals surface area contributed by atoms with E-state index in [2.05, 4.69) is 36.5 Å². The molecule has 24 heavy (non-hydrogen) atoms. The molecular weight excluding hydrogens is 413 g/mol. The Morgan fingerprint density at radius 1 is 0.875 bits per heavy atom. The summed E-state index contributed by atoms with van der Waals surface area (Å²) in [5.41, 5.74) is 8.00. The van der Waals surface area contributed by atoms with Gasteiger partial charge in [-0.2, -0.15) is 0 Å². The second-order valence-electron chi connectivity index (χ2n) is 4.82. The van der Waals surface area contributed by atoms with Crippen LogP contribution in [0.15, 0.2) is 53.3 Å². The first-order valence-electron chi connectivity index (χ1n) is 6.89. The Morgan fingerprint density at radius 3 is 2.21 bits per heavy atom. The summed E-state index contributed by atoms with van der Waals surface area (Å²) in [6.07, 6.45) is 1.41. The van der Waals surface area contributed by atoms with Crippen LogP contribution in [0.1, 0.15) is 0 Å². The molecule has 0 aliphatic heterocycles. The summed E-state index contributed by atoms with van der Waals surface area (Å²) in [6, 6.07) is 12.9. The van der Waals surface area contributed by atoms with Crippen LogP contribution >= 0.6 is 39.1 Å². The molecule has 5 nitrogen and oxygen atoms in total. The molecule has 0 atom stereocenters. The third kappa shape index (κ3) is 3.56. The van der Waals surface area contributed by atoms with Gasteiger partial charge in [-0.25, -0.2) is 9.97 Å². The lowest BCUT2D eigenvalue weighted by molar-refractivity contribution is 1.17. The molecular formula is C16H12BrCl2N5. The number of nitrogens with two attached hydrogens (primary N) is 1. The lowest BCUT2D eigenvalue weighted by Crippen LogP contribution is -2.05. The Morgan fingerprint density at radius 2 is 1.50 bits per heavy atom. The number of hydrogen-bond acceptors (Lipinski definition) is 5. The molecule has 8 heteroatoms. The van der Waals surface area contributed by atoms with Crippen LogP contribution in [0.25, 0.3) is 0 Å². The van der Waals surface area contributed by atoms with Gasteiger partial charge in [0, 0.05) is 4.47 Å². The van der Waals surface area contributed by atoms with Gasteiger partial charge in [-0.3, -0.25) is 0 Å². The van der Waals surface area contributed by atoms with Gasteiger partial charge in [-0.15, -0.1) is 0 Å². The molecule has 0 aliphatic carbocycles. The predicted octanol–water partition coefficient (Wildman–Crippen LogP) is 5.62. The van der Waals surface area contributed by atoms with Crippen molar-refractivity contribution in [2.45, 2.75) is 0 Å². The number of para-hydroxylation sites is 1. The predicted molar refractivity (Wildman–Crippen MR) is 104 cm³/mol. The van der Waals surface area contributed by atoms with Crippen LogP contribution in [0.5, 0.6) is 0 Å². The first-order valence-corrected chi connectivity index (χ1v) is 8.44. The summed E-state index contributed by atoms with van der Waals surface area (Å²) in [5.74, 6) is 0.918. The highest BCUT2D eigenvalue weighted by molar-refractivity contribution is 9.10. The second-order valence-corrected chi connectivity index (χ2v) is 6.46. The minimum Gasteiger partial charge on any atom is -0.393 e. The van der Waals surface area contributed by atoms with Crippen molar-refractivity contribution in [2.75, 3.05) is 16.4 Å². The molecule has 3 rings (SSSR count). The number of aromatic nitrogens is 2. The van der Waals surface area contributed by atoms with Gasteiger partial charge >= 0.3 is 0 Å².